The van der Waals surface area contributed by atoms with Gasteiger partial charge in [0.15, 0.2) is 6.10 Å². The minimum Gasteiger partial charge on any atom is -0.462 e. The van der Waals surface area contributed by atoms with E-state index in [0.717, 1.165) is 44.9 Å². The second-order valence-corrected chi connectivity index (χ2v) is 18.6. The molecule has 332 valence electrons. The van der Waals surface area contributed by atoms with Crippen LogP contribution in [-0.4, -0.2) is 74.9 Å². The Morgan fingerprint density at radius 3 is 1.34 bits per heavy atom. The summed E-state index contributed by atoms with van der Waals surface area (Å²) in [4.78, 5) is 35.4. The van der Waals surface area contributed by atoms with Crippen molar-refractivity contribution < 1.29 is 42.1 Å². The highest BCUT2D eigenvalue weighted by molar-refractivity contribution is 7.47. The molecule has 0 rings (SSSR count). The van der Waals surface area contributed by atoms with Crippen LogP contribution in [0.4, 0.5) is 0 Å². The van der Waals surface area contributed by atoms with Gasteiger partial charge in [-0.2, -0.15) is 0 Å². The van der Waals surface area contributed by atoms with Crippen molar-refractivity contribution in [3.8, 4) is 0 Å². The van der Waals surface area contributed by atoms with Crippen LogP contribution in [-0.2, 0) is 32.7 Å². The van der Waals surface area contributed by atoms with Gasteiger partial charge in [-0.15, -0.1) is 0 Å². The number of ether oxygens (including phenoxy) is 2. The number of carbonyl (C=O) groups is 2. The maximum Gasteiger partial charge on any atom is 0.472 e. The van der Waals surface area contributed by atoms with E-state index < -0.39 is 26.5 Å². The van der Waals surface area contributed by atoms with E-state index in [4.69, 9.17) is 18.5 Å². The molecule has 0 spiro atoms. The van der Waals surface area contributed by atoms with Crippen molar-refractivity contribution >= 4 is 19.8 Å². The number of unbranched alkanes of at least 4 members (excludes halogenated alkanes) is 27. The van der Waals surface area contributed by atoms with Gasteiger partial charge in [-0.05, 0) is 38.5 Å². The molecule has 2 atom stereocenters. The van der Waals surface area contributed by atoms with Crippen molar-refractivity contribution in [2.45, 2.75) is 225 Å². The number of phosphoric acid groups is 1. The Morgan fingerprint density at radius 1 is 0.536 bits per heavy atom. The van der Waals surface area contributed by atoms with Gasteiger partial charge in [0.2, 0.25) is 0 Å². The molecule has 0 aliphatic heterocycles. The molecule has 0 aromatic rings. The van der Waals surface area contributed by atoms with Crippen LogP contribution in [0.3, 0.4) is 0 Å². The normalized spacial score (nSPS) is 13.6. The molecule has 0 aromatic heterocycles. The Kier molecular flexibility index (Phi) is 38.3. The third-order valence-electron chi connectivity index (χ3n) is 10.3. The summed E-state index contributed by atoms with van der Waals surface area (Å²) in [6, 6.07) is 0. The summed E-state index contributed by atoms with van der Waals surface area (Å²) >= 11 is 0. The van der Waals surface area contributed by atoms with Gasteiger partial charge >= 0.3 is 19.8 Å². The topological polar surface area (TPSA) is 108 Å². The van der Waals surface area contributed by atoms with E-state index in [-0.39, 0.29) is 25.6 Å². The highest BCUT2D eigenvalue weighted by Crippen LogP contribution is 2.43. The third-order valence-corrected chi connectivity index (χ3v) is 11.3. The number of quaternary nitrogens is 1. The van der Waals surface area contributed by atoms with Crippen LogP contribution in [0.5, 0.6) is 0 Å². The average Bonchev–Trinajstić information content (AvgIpc) is 3.15. The van der Waals surface area contributed by atoms with E-state index >= 15 is 0 Å². The molecule has 0 aliphatic rings. The number of phosphoric ester groups is 1. The fourth-order valence-electron chi connectivity index (χ4n) is 6.60. The molecule has 0 amide bonds. The number of esters is 2. The average molecular weight is 817 g/mol. The molecular formula is C46H91NO8P+. The molecule has 0 heterocycles. The molecule has 0 bridgehead atoms. The Balaban J connectivity index is 4.30. The molecule has 10 heteroatoms. The van der Waals surface area contributed by atoms with Gasteiger partial charge < -0.3 is 18.9 Å². The van der Waals surface area contributed by atoms with Crippen LogP contribution in [0.25, 0.3) is 0 Å². The van der Waals surface area contributed by atoms with Gasteiger partial charge in [-0.3, -0.25) is 18.6 Å². The van der Waals surface area contributed by atoms with Crippen molar-refractivity contribution in [3.05, 3.63) is 12.2 Å². The van der Waals surface area contributed by atoms with Gasteiger partial charge in [0.25, 0.3) is 0 Å². The Morgan fingerprint density at radius 2 is 0.911 bits per heavy atom. The number of hydrogen-bond donors (Lipinski definition) is 1. The highest BCUT2D eigenvalue weighted by atomic mass is 31.2. The minimum atomic E-state index is -4.37. The Hall–Kier alpha value is -1.25. The zero-order valence-electron chi connectivity index (χ0n) is 37.4. The van der Waals surface area contributed by atoms with Crippen LogP contribution >= 0.6 is 7.82 Å². The largest absolute Gasteiger partial charge is 0.472 e. The van der Waals surface area contributed by atoms with E-state index in [0.29, 0.717) is 23.9 Å². The van der Waals surface area contributed by atoms with E-state index in [1.807, 2.05) is 21.1 Å². The lowest BCUT2D eigenvalue weighted by molar-refractivity contribution is -0.870. The second kappa shape index (κ2) is 39.2. The third kappa shape index (κ3) is 42.4. The molecule has 0 saturated carbocycles. The monoisotopic (exact) mass is 817 g/mol. The lowest BCUT2D eigenvalue weighted by Gasteiger charge is -2.24. The second-order valence-electron chi connectivity index (χ2n) is 17.1. The smallest absolute Gasteiger partial charge is 0.462 e. The molecule has 0 radical (unpaired) electrons. The van der Waals surface area contributed by atoms with E-state index in [1.165, 1.54) is 141 Å². The van der Waals surface area contributed by atoms with Gasteiger partial charge in [-0.1, -0.05) is 180 Å². The van der Waals surface area contributed by atoms with Crippen LogP contribution in [0.1, 0.15) is 219 Å². The maximum absolute atomic E-state index is 12.7. The summed E-state index contributed by atoms with van der Waals surface area (Å²) in [5, 5.41) is 0. The molecule has 56 heavy (non-hydrogen) atoms. The molecule has 9 nitrogen and oxygen atoms in total. The fraction of sp³-hybridized carbons (Fsp3) is 0.913. The van der Waals surface area contributed by atoms with Gasteiger partial charge in [0.05, 0.1) is 27.7 Å². The summed E-state index contributed by atoms with van der Waals surface area (Å²) in [5.74, 6) is -0.805. The first-order valence-electron chi connectivity index (χ1n) is 23.4. The van der Waals surface area contributed by atoms with Crippen LogP contribution in [0, 0.1) is 0 Å². The standard InChI is InChI=1S/C46H90NO8P/c1-6-8-10-12-14-16-18-20-22-23-25-26-28-30-32-34-36-38-45(48)52-42-44(43-54-56(50,51)53-41-40-47(3,4)5)55-46(49)39-37-35-33-31-29-27-24-21-19-17-15-13-11-9-7-2/h27,29,44H,6-26,28,30-43H2,1-5H3/p+1/b29-27+/t44-/m1/s1. The van der Waals surface area contributed by atoms with E-state index in [9.17, 15) is 19.0 Å². The summed E-state index contributed by atoms with van der Waals surface area (Å²) < 4.78 is 34.3. The Labute approximate surface area is 346 Å². The van der Waals surface area contributed by atoms with E-state index in [2.05, 4.69) is 26.0 Å². The number of likely N-dealkylation sites (N-methyl/N-ethyl adjacent to an activating group) is 1. The molecule has 0 saturated heterocycles. The quantitative estimate of drug-likeness (QED) is 0.0213. The number of carbonyl (C=O) groups excluding carboxylic acids is 2. The number of nitrogens with zero attached hydrogens (tertiary/aromatic N) is 1. The van der Waals surface area contributed by atoms with Crippen LogP contribution in [0.2, 0.25) is 0 Å². The fourth-order valence-corrected chi connectivity index (χ4v) is 7.34. The van der Waals surface area contributed by atoms with Crippen molar-refractivity contribution in [2.24, 2.45) is 0 Å². The maximum atomic E-state index is 12.7. The summed E-state index contributed by atoms with van der Waals surface area (Å²) in [6.07, 6.45) is 41.1. The predicted molar refractivity (Wildman–Crippen MR) is 234 cm³/mol. The molecule has 1 unspecified atom stereocenters. The van der Waals surface area contributed by atoms with Gasteiger partial charge in [0.1, 0.15) is 19.8 Å². The first kappa shape index (κ1) is 54.8. The molecule has 1 N–H and O–H groups in total. The summed E-state index contributed by atoms with van der Waals surface area (Å²) in [5.41, 5.74) is 0. The zero-order chi connectivity index (χ0) is 41.4. The van der Waals surface area contributed by atoms with Crippen molar-refractivity contribution in [1.29, 1.82) is 0 Å². The predicted octanol–water partition coefficient (Wildman–Crippen LogP) is 13.4. The number of allylic oxidation sites excluding steroid dienone is 2. The van der Waals surface area contributed by atoms with Crippen LogP contribution < -0.4 is 0 Å². The number of hydrogen-bond acceptors (Lipinski definition) is 7. The summed E-state index contributed by atoms with van der Waals surface area (Å²) in [6.45, 7) is 4.44. The van der Waals surface area contributed by atoms with Gasteiger partial charge in [0, 0.05) is 12.8 Å². The lowest BCUT2D eigenvalue weighted by atomic mass is 10.0. The number of rotatable bonds is 43. The molecule has 0 fully saturated rings. The first-order chi connectivity index (χ1) is 27.0. The van der Waals surface area contributed by atoms with Crippen LogP contribution in [0.15, 0.2) is 12.2 Å². The van der Waals surface area contributed by atoms with Crippen molar-refractivity contribution in [2.75, 3.05) is 47.5 Å². The molecular weight excluding hydrogens is 725 g/mol. The highest BCUT2D eigenvalue weighted by Gasteiger charge is 2.27. The van der Waals surface area contributed by atoms with Crippen molar-refractivity contribution in [1.82, 2.24) is 0 Å². The van der Waals surface area contributed by atoms with Gasteiger partial charge in [-0.25, -0.2) is 4.57 Å². The lowest BCUT2D eigenvalue weighted by Crippen LogP contribution is -2.37. The SMILES string of the molecule is CCCCCCCCCC/C=C/CCCCCC(=O)O[C@H](COC(=O)CCCCCCCCCCCCCCCCCCC)COP(=O)(O)OCC[N+](C)(C)C. The Bertz CT molecular complexity index is 969. The minimum absolute atomic E-state index is 0.0322. The van der Waals surface area contributed by atoms with E-state index in [1.54, 1.807) is 0 Å². The molecule has 0 aromatic carbocycles. The first-order valence-corrected chi connectivity index (χ1v) is 24.9. The zero-order valence-corrected chi connectivity index (χ0v) is 38.3. The molecule has 0 aliphatic carbocycles. The summed E-state index contributed by atoms with van der Waals surface area (Å²) in [7, 11) is 1.48. The van der Waals surface area contributed by atoms with Crippen molar-refractivity contribution in [3.63, 3.8) is 0 Å².